The van der Waals surface area contributed by atoms with Gasteiger partial charge in [-0.05, 0) is 113 Å². The fourth-order valence-corrected chi connectivity index (χ4v) is 11.9. The van der Waals surface area contributed by atoms with E-state index >= 15 is 0 Å². The van der Waals surface area contributed by atoms with E-state index in [0.29, 0.717) is 24.1 Å². The van der Waals surface area contributed by atoms with E-state index in [2.05, 4.69) is 200 Å². The number of hydrogen-bond donors (Lipinski definition) is 0. The lowest BCUT2D eigenvalue weighted by Gasteiger charge is -2.23. The number of ether oxygens (including phenoxy) is 1. The van der Waals surface area contributed by atoms with Gasteiger partial charge in [-0.1, -0.05) is 170 Å². The van der Waals surface area contributed by atoms with Gasteiger partial charge >= 0.3 is 0 Å². The molecule has 0 bridgehead atoms. The average molecular weight is 860 g/mol. The van der Waals surface area contributed by atoms with Gasteiger partial charge in [0.15, 0.2) is 17.5 Å². The molecule has 0 fully saturated rings. The van der Waals surface area contributed by atoms with Gasteiger partial charge in [0, 0.05) is 42.4 Å². The molecule has 66 heavy (non-hydrogen) atoms. The van der Waals surface area contributed by atoms with E-state index in [4.69, 9.17) is 19.7 Å². The van der Waals surface area contributed by atoms with Gasteiger partial charge in [0.25, 0.3) is 0 Å². The Morgan fingerprint density at radius 1 is 0.409 bits per heavy atom. The Kier molecular flexibility index (Phi) is 8.24. The van der Waals surface area contributed by atoms with Crippen molar-refractivity contribution in [2.45, 2.75) is 13.0 Å². The van der Waals surface area contributed by atoms with E-state index in [1.807, 2.05) is 11.3 Å². The van der Waals surface area contributed by atoms with Gasteiger partial charge in [-0.3, -0.25) is 0 Å². The quantitative estimate of drug-likeness (QED) is 0.128. The summed E-state index contributed by atoms with van der Waals surface area (Å²) in [6.45, 7) is 0.518. The molecule has 0 N–H and O–H groups in total. The molecule has 3 heterocycles. The molecule has 14 rings (SSSR count). The summed E-state index contributed by atoms with van der Waals surface area (Å²) in [5.74, 6) is 2.71. The van der Waals surface area contributed by atoms with E-state index in [1.165, 1.54) is 69.0 Å². The van der Waals surface area contributed by atoms with Gasteiger partial charge in [-0.25, -0.2) is 15.0 Å². The number of fused-ring (bicyclic) bond motifs is 13. The molecule has 13 aromatic rings. The summed E-state index contributed by atoms with van der Waals surface area (Å²) in [6, 6.07) is 72.3. The van der Waals surface area contributed by atoms with Crippen LogP contribution in [-0.4, -0.2) is 15.0 Å². The molecule has 11 aromatic carbocycles. The highest BCUT2D eigenvalue weighted by molar-refractivity contribution is 7.26. The van der Waals surface area contributed by atoms with Crippen LogP contribution < -0.4 is 4.74 Å². The Morgan fingerprint density at radius 3 is 1.88 bits per heavy atom. The van der Waals surface area contributed by atoms with E-state index in [-0.39, 0.29) is 0 Å². The zero-order chi connectivity index (χ0) is 43.3. The van der Waals surface area contributed by atoms with Gasteiger partial charge in [0.2, 0.25) is 0 Å². The van der Waals surface area contributed by atoms with Crippen molar-refractivity contribution in [1.82, 2.24) is 15.0 Å². The van der Waals surface area contributed by atoms with Crippen LogP contribution in [0, 0.1) is 0 Å². The largest absolute Gasteiger partial charge is 0.488 e. The fraction of sp³-hybridized carbons (Fsp3) is 0.0328. The molecule has 4 nitrogen and oxygen atoms in total. The van der Waals surface area contributed by atoms with Crippen molar-refractivity contribution in [2.24, 2.45) is 0 Å². The number of hydrogen-bond acceptors (Lipinski definition) is 5. The van der Waals surface area contributed by atoms with Crippen LogP contribution in [0.5, 0.6) is 5.75 Å². The first-order valence-corrected chi connectivity index (χ1v) is 23.3. The highest BCUT2D eigenvalue weighted by atomic mass is 32.1. The summed E-state index contributed by atoms with van der Waals surface area (Å²) < 4.78 is 8.88. The first-order chi connectivity index (χ1) is 32.7. The highest BCUT2D eigenvalue weighted by Crippen LogP contribution is 2.47. The summed E-state index contributed by atoms with van der Waals surface area (Å²) in [6.07, 6.45) is 0.732. The summed E-state index contributed by atoms with van der Waals surface area (Å²) in [5, 5.41) is 14.6. The Bertz CT molecular complexity index is 4170. The van der Waals surface area contributed by atoms with Crippen LogP contribution >= 0.6 is 11.3 Å². The minimum absolute atomic E-state index is 0.518. The molecule has 0 unspecified atom stereocenters. The third-order valence-corrected chi connectivity index (χ3v) is 14.8. The molecule has 2 aromatic heterocycles. The molecule has 1 aliphatic heterocycles. The fourth-order valence-electron chi connectivity index (χ4n) is 10.5. The molecule has 1 aliphatic rings. The number of aromatic nitrogens is 3. The molecule has 0 saturated heterocycles. The van der Waals surface area contributed by atoms with E-state index in [1.54, 1.807) is 0 Å². The smallest absolute Gasteiger partial charge is 0.164 e. The maximum absolute atomic E-state index is 6.41. The van der Waals surface area contributed by atoms with E-state index < -0.39 is 0 Å². The third kappa shape index (κ3) is 5.87. The topological polar surface area (TPSA) is 47.9 Å². The van der Waals surface area contributed by atoms with Crippen LogP contribution in [-0.2, 0) is 13.0 Å². The van der Waals surface area contributed by atoms with Crippen molar-refractivity contribution in [2.75, 3.05) is 0 Å². The van der Waals surface area contributed by atoms with Crippen LogP contribution in [0.3, 0.4) is 0 Å². The summed E-state index contributed by atoms with van der Waals surface area (Å²) in [4.78, 5) is 16.5. The van der Waals surface area contributed by atoms with Crippen LogP contribution in [0.1, 0.15) is 16.7 Å². The Labute approximate surface area is 384 Å². The predicted octanol–water partition coefficient (Wildman–Crippen LogP) is 16.2. The monoisotopic (exact) mass is 859 g/mol. The van der Waals surface area contributed by atoms with E-state index in [9.17, 15) is 0 Å². The zero-order valence-corrected chi connectivity index (χ0v) is 36.4. The lowest BCUT2D eigenvalue weighted by Crippen LogP contribution is -2.08. The van der Waals surface area contributed by atoms with Crippen molar-refractivity contribution in [3.63, 3.8) is 0 Å². The summed E-state index contributed by atoms with van der Waals surface area (Å²) in [7, 11) is 0. The number of nitrogens with zero attached hydrogens (tertiary/aromatic N) is 3. The Hall–Kier alpha value is -8.25. The minimum Gasteiger partial charge on any atom is -0.488 e. The van der Waals surface area contributed by atoms with Crippen molar-refractivity contribution in [1.29, 1.82) is 0 Å². The highest BCUT2D eigenvalue weighted by Gasteiger charge is 2.25. The van der Waals surface area contributed by atoms with Crippen LogP contribution in [0.15, 0.2) is 200 Å². The molecule has 5 heteroatoms. The third-order valence-electron chi connectivity index (χ3n) is 13.6. The normalized spacial score (nSPS) is 12.4. The van der Waals surface area contributed by atoms with Crippen molar-refractivity contribution in [3.05, 3.63) is 217 Å². The number of benzene rings is 11. The van der Waals surface area contributed by atoms with Gasteiger partial charge < -0.3 is 4.74 Å². The SMILES string of the molecule is c1ccc2c(c1)COc1cccc(-c3nc(-c4cccc5ccccc45)nc(-c4cc(Cc5cc6cc7ccccc7cc6c6ccccc56)cc5sc6c7ccccc7ccc6c45)n3)c1-2. The second-order valence-electron chi connectivity index (χ2n) is 17.4. The second kappa shape index (κ2) is 14.6. The zero-order valence-electron chi connectivity index (χ0n) is 35.6. The predicted molar refractivity (Wildman–Crippen MR) is 276 cm³/mol. The second-order valence-corrected chi connectivity index (χ2v) is 18.5. The summed E-state index contributed by atoms with van der Waals surface area (Å²) in [5.41, 5.74) is 8.63. The lowest BCUT2D eigenvalue weighted by atomic mass is 9.91. The Balaban J connectivity index is 1.05. The van der Waals surface area contributed by atoms with Gasteiger partial charge in [0.05, 0.1) is 0 Å². The lowest BCUT2D eigenvalue weighted by molar-refractivity contribution is 0.302. The first kappa shape index (κ1) is 37.2. The number of rotatable bonds is 5. The molecule has 0 radical (unpaired) electrons. The maximum Gasteiger partial charge on any atom is 0.164 e. The Morgan fingerprint density at radius 2 is 1.03 bits per heavy atom. The molecule has 0 amide bonds. The maximum atomic E-state index is 6.41. The van der Waals surface area contributed by atoms with Crippen LogP contribution in [0.4, 0.5) is 0 Å². The van der Waals surface area contributed by atoms with Gasteiger partial charge in [0.1, 0.15) is 12.4 Å². The molecule has 0 saturated carbocycles. The summed E-state index contributed by atoms with van der Waals surface area (Å²) >= 11 is 1.86. The minimum atomic E-state index is 0.518. The van der Waals surface area contributed by atoms with Crippen molar-refractivity contribution in [3.8, 4) is 51.0 Å². The van der Waals surface area contributed by atoms with Crippen LogP contribution in [0.25, 0.3) is 119 Å². The average Bonchev–Trinajstić information content (AvgIpc) is 3.76. The molecule has 0 atom stereocenters. The van der Waals surface area contributed by atoms with Gasteiger partial charge in [-0.15, -0.1) is 11.3 Å². The number of thiophene rings is 1. The van der Waals surface area contributed by atoms with Crippen molar-refractivity contribution >= 4 is 85.4 Å². The molecule has 0 spiro atoms. The molecular weight excluding hydrogens is 823 g/mol. The van der Waals surface area contributed by atoms with Gasteiger partial charge in [-0.2, -0.15) is 0 Å². The standard InChI is InChI=1S/C61H37N3OS/c1-2-16-40-34-52-43(32-39(40)15-1)33-42(45-20-9-10-23-48(45)52)29-36-30-53(57-50-28-27-38-14-4-8-22-47(38)58(50)66-55(57)31-36)61-63-59(49-24-11-18-37-13-3-6-19-44(37)49)62-60(64-61)51-25-12-26-54-56(51)46-21-7-5-17-41(46)35-65-54/h1-28,30-34H,29,35H2. The molecule has 0 aliphatic carbocycles. The van der Waals surface area contributed by atoms with Crippen molar-refractivity contribution < 1.29 is 4.74 Å². The van der Waals surface area contributed by atoms with E-state index in [0.717, 1.165) is 61.7 Å². The first-order valence-electron chi connectivity index (χ1n) is 22.5. The molecule has 308 valence electrons. The van der Waals surface area contributed by atoms with Crippen LogP contribution in [0.2, 0.25) is 0 Å². The molecular formula is C61H37N3OS.